The summed E-state index contributed by atoms with van der Waals surface area (Å²) in [6, 6.07) is 9.62. The van der Waals surface area contributed by atoms with E-state index < -0.39 is 0 Å². The number of hydrogen-bond acceptors (Lipinski definition) is 1. The zero-order chi connectivity index (χ0) is 7.82. The number of rotatable bonds is 0. The van der Waals surface area contributed by atoms with Crippen molar-refractivity contribution in [3.8, 4) is 0 Å². The maximum absolute atomic E-state index is 4.81. The Morgan fingerprint density at radius 3 is 1.70 bits per heavy atom. The molecule has 0 aliphatic carbocycles. The maximum atomic E-state index is 4.81. The van der Waals surface area contributed by atoms with Crippen molar-refractivity contribution in [1.29, 1.82) is 0 Å². The first-order valence-corrected chi connectivity index (χ1v) is 5.99. The predicted molar refractivity (Wildman–Crippen MR) is 49.6 cm³/mol. The first-order chi connectivity index (χ1) is 4.81. The standard InChI is InChI=1S/C6H6S.2CH3.Al/c7-6-4-2-1-3-5-6;;;/h1-5,7H;2*1H3;/q;;;+1/p-1. The van der Waals surface area contributed by atoms with Gasteiger partial charge in [0.15, 0.2) is 0 Å². The Morgan fingerprint density at radius 1 is 1.10 bits per heavy atom. The van der Waals surface area contributed by atoms with E-state index in [0.717, 1.165) is 20.1 Å². The zero-order valence-corrected chi connectivity index (χ0v) is 8.34. The fourth-order valence-electron chi connectivity index (χ4n) is 0.420. The van der Waals surface area contributed by atoms with Gasteiger partial charge < -0.3 is 12.6 Å². The molecule has 0 spiro atoms. The van der Waals surface area contributed by atoms with Crippen LogP contribution in [0.15, 0.2) is 35.2 Å². The van der Waals surface area contributed by atoms with Gasteiger partial charge in [0.2, 0.25) is 0 Å². The summed E-state index contributed by atoms with van der Waals surface area (Å²) in [7, 11) is 0. The molecule has 0 unspecified atom stereocenters. The van der Waals surface area contributed by atoms with Gasteiger partial charge in [0.1, 0.15) is 0 Å². The van der Waals surface area contributed by atoms with Crippen LogP contribution in [0, 0.1) is 0 Å². The normalized spacial score (nSPS) is 7.00. The Labute approximate surface area is 74.8 Å². The smallest absolute Gasteiger partial charge is 0.0624 e. The average Bonchev–Trinajstić information content (AvgIpc) is 1.91. The largest absolute Gasteiger partial charge is 0.780 e. The number of benzene rings is 1. The molecule has 1 aromatic rings. The summed E-state index contributed by atoms with van der Waals surface area (Å²) in [6.45, 7) is 0. The van der Waals surface area contributed by atoms with Crippen LogP contribution in [0.2, 0.25) is 11.6 Å². The molecule has 0 saturated heterocycles. The van der Waals surface area contributed by atoms with E-state index in [1.807, 2.05) is 30.3 Å². The van der Waals surface area contributed by atoms with Crippen LogP contribution in [0.4, 0.5) is 0 Å². The van der Waals surface area contributed by atoms with Crippen LogP contribution < -0.4 is 0 Å². The van der Waals surface area contributed by atoms with Crippen molar-refractivity contribution >= 4 is 27.8 Å². The molecule has 2 heteroatoms. The van der Waals surface area contributed by atoms with E-state index in [1.165, 1.54) is 0 Å². The second kappa shape index (κ2) is 7.08. The van der Waals surface area contributed by atoms with Gasteiger partial charge in [-0.05, 0) is 0 Å². The van der Waals surface area contributed by atoms with E-state index in [9.17, 15) is 0 Å². The summed E-state index contributed by atoms with van der Waals surface area (Å²) in [5, 5.41) is 0. The third-order valence-corrected chi connectivity index (χ3v) is 1.02. The first-order valence-electron chi connectivity index (χ1n) is 3.27. The molecule has 0 aliphatic rings. The molecular formula is C8H11AlS. The van der Waals surface area contributed by atoms with Crippen LogP contribution in [-0.4, -0.2) is 15.2 Å². The molecule has 0 heterocycles. The molecule has 0 aliphatic heterocycles. The van der Waals surface area contributed by atoms with E-state index >= 15 is 0 Å². The van der Waals surface area contributed by atoms with Crippen LogP contribution in [0.5, 0.6) is 0 Å². The third-order valence-electron chi connectivity index (χ3n) is 0.743. The van der Waals surface area contributed by atoms with Gasteiger partial charge in [-0.25, -0.2) is 0 Å². The minimum Gasteiger partial charge on any atom is -0.780 e. The minimum absolute atomic E-state index is 0.750. The van der Waals surface area contributed by atoms with Crippen molar-refractivity contribution < 1.29 is 0 Å². The van der Waals surface area contributed by atoms with Crippen LogP contribution in [0.25, 0.3) is 0 Å². The molecule has 0 saturated carbocycles. The monoisotopic (exact) mass is 166 g/mol. The summed E-state index contributed by atoms with van der Waals surface area (Å²) in [5.74, 6) is 4.42. The predicted octanol–water partition coefficient (Wildman–Crippen LogP) is 2.38. The van der Waals surface area contributed by atoms with Crippen molar-refractivity contribution in [2.24, 2.45) is 0 Å². The molecule has 10 heavy (non-hydrogen) atoms. The fraction of sp³-hybridized carbons (Fsp3) is 0.250. The summed E-state index contributed by atoms with van der Waals surface area (Å²) >= 11 is 5.56. The molecule has 52 valence electrons. The molecule has 0 amide bonds. The molecule has 0 fully saturated rings. The van der Waals surface area contributed by atoms with Gasteiger partial charge in [-0.3, -0.25) is 0 Å². The molecule has 1 aromatic carbocycles. The summed E-state index contributed by atoms with van der Waals surface area (Å²) in [6.07, 6.45) is 0. The summed E-state index contributed by atoms with van der Waals surface area (Å²) in [5.41, 5.74) is 0. The van der Waals surface area contributed by atoms with E-state index in [0.29, 0.717) is 0 Å². The third kappa shape index (κ3) is 6.10. The van der Waals surface area contributed by atoms with E-state index in [1.54, 1.807) is 0 Å². The van der Waals surface area contributed by atoms with E-state index in [-0.39, 0.29) is 0 Å². The van der Waals surface area contributed by atoms with Crippen LogP contribution in [0.1, 0.15) is 0 Å². The topological polar surface area (TPSA) is 0 Å². The molecule has 0 bridgehead atoms. The van der Waals surface area contributed by atoms with Gasteiger partial charge in [-0.2, -0.15) is 4.90 Å². The quantitative estimate of drug-likeness (QED) is 0.421. The summed E-state index contributed by atoms with van der Waals surface area (Å²) < 4.78 is 0. The average molecular weight is 166 g/mol. The Kier molecular flexibility index (Phi) is 7.06. The molecular weight excluding hydrogens is 155 g/mol. The van der Waals surface area contributed by atoms with Crippen molar-refractivity contribution in [2.75, 3.05) is 0 Å². The van der Waals surface area contributed by atoms with Crippen LogP contribution in [-0.2, 0) is 12.6 Å². The van der Waals surface area contributed by atoms with Gasteiger partial charge >= 0.3 is 26.8 Å². The Balaban J connectivity index is 0.000000236. The molecule has 0 N–H and O–H groups in total. The second-order valence-electron chi connectivity index (χ2n) is 1.89. The second-order valence-corrected chi connectivity index (χ2v) is 3.52. The zero-order valence-electron chi connectivity index (χ0n) is 6.37. The first kappa shape index (κ1) is 9.97. The minimum atomic E-state index is 0.750. The molecule has 1 rings (SSSR count). The molecule has 0 nitrogen and oxygen atoms in total. The van der Waals surface area contributed by atoms with E-state index in [4.69, 9.17) is 12.6 Å². The van der Waals surface area contributed by atoms with E-state index in [2.05, 4.69) is 11.6 Å². The van der Waals surface area contributed by atoms with Crippen molar-refractivity contribution in [3.05, 3.63) is 30.3 Å². The summed E-state index contributed by atoms with van der Waals surface area (Å²) in [4.78, 5) is 0.905. The Bertz CT molecular complexity index is 151. The Hall–Kier alpha value is -0.0275. The van der Waals surface area contributed by atoms with Crippen molar-refractivity contribution in [3.63, 3.8) is 0 Å². The molecule has 0 aromatic heterocycles. The van der Waals surface area contributed by atoms with Gasteiger partial charge in [-0.15, -0.1) is 0 Å². The number of hydrogen-bond donors (Lipinski definition) is 0. The van der Waals surface area contributed by atoms with Gasteiger partial charge in [-0.1, -0.05) is 30.3 Å². The van der Waals surface area contributed by atoms with Gasteiger partial charge in [0.05, 0.1) is 0 Å². The van der Waals surface area contributed by atoms with Gasteiger partial charge in [0, 0.05) is 0 Å². The maximum Gasteiger partial charge on any atom is -0.0624 e. The molecule has 0 atom stereocenters. The SMILES string of the molecule is [CH3][Al+][CH3].[S-]c1ccccc1. The molecule has 0 radical (unpaired) electrons. The van der Waals surface area contributed by atoms with Crippen molar-refractivity contribution in [1.82, 2.24) is 0 Å². The van der Waals surface area contributed by atoms with Crippen molar-refractivity contribution in [2.45, 2.75) is 16.5 Å². The fourth-order valence-corrected chi connectivity index (χ4v) is 0.578. The van der Waals surface area contributed by atoms with Crippen LogP contribution in [0.3, 0.4) is 0 Å². The van der Waals surface area contributed by atoms with Gasteiger partial charge in [0.25, 0.3) is 0 Å². The Morgan fingerprint density at radius 2 is 1.50 bits per heavy atom. The van der Waals surface area contributed by atoms with Crippen LogP contribution >= 0.6 is 0 Å².